The van der Waals surface area contributed by atoms with Crippen LogP contribution in [0.2, 0.25) is 0 Å². The monoisotopic (exact) mass is 352 g/mol. The van der Waals surface area contributed by atoms with E-state index in [0.29, 0.717) is 6.04 Å². The third kappa shape index (κ3) is 7.53. The Kier molecular flexibility index (Phi) is 9.63. The van der Waals surface area contributed by atoms with Crippen molar-refractivity contribution in [3.63, 3.8) is 0 Å². The molecule has 1 aliphatic carbocycles. The smallest absolute Gasteiger partial charge is 0.191 e. The summed E-state index contributed by atoms with van der Waals surface area (Å²) in [6.07, 6.45) is 9.18. The number of aliphatic imine (C=N–C) groups is 1. The predicted molar refractivity (Wildman–Crippen MR) is 106 cm³/mol. The average Bonchev–Trinajstić information content (AvgIpc) is 2.66. The minimum atomic E-state index is 0.608. The van der Waals surface area contributed by atoms with Crippen LogP contribution in [0.3, 0.4) is 0 Å². The van der Waals surface area contributed by atoms with E-state index < -0.39 is 0 Å². The maximum atomic E-state index is 5.18. The Morgan fingerprint density at radius 3 is 2.36 bits per heavy atom. The third-order valence-corrected chi connectivity index (χ3v) is 5.94. The summed E-state index contributed by atoms with van der Waals surface area (Å²) < 4.78 is 5.18. The van der Waals surface area contributed by atoms with Crippen LogP contribution in [-0.4, -0.2) is 63.3 Å². The van der Waals surface area contributed by atoms with Gasteiger partial charge in [0.15, 0.2) is 5.96 Å². The first-order chi connectivity index (χ1) is 12.2. The van der Waals surface area contributed by atoms with Crippen LogP contribution in [0.5, 0.6) is 0 Å². The maximum absolute atomic E-state index is 5.18. The second-order valence-electron chi connectivity index (χ2n) is 7.77. The van der Waals surface area contributed by atoms with Gasteiger partial charge in [-0.2, -0.15) is 0 Å². The number of hydrogen-bond donors (Lipinski definition) is 2. The summed E-state index contributed by atoms with van der Waals surface area (Å²) in [5.74, 6) is 2.70. The second kappa shape index (κ2) is 11.7. The zero-order chi connectivity index (χ0) is 17.9. The Morgan fingerprint density at radius 2 is 1.76 bits per heavy atom. The van der Waals surface area contributed by atoms with Gasteiger partial charge < -0.3 is 20.3 Å². The number of likely N-dealkylation sites (tertiary alicyclic amines) is 1. The first-order valence-corrected chi connectivity index (χ1v) is 10.5. The maximum Gasteiger partial charge on any atom is 0.191 e. The minimum absolute atomic E-state index is 0.608. The Hall–Kier alpha value is -0.810. The quantitative estimate of drug-likeness (QED) is 0.521. The highest BCUT2D eigenvalue weighted by Crippen LogP contribution is 2.26. The van der Waals surface area contributed by atoms with Gasteiger partial charge in [0.1, 0.15) is 0 Å². The van der Waals surface area contributed by atoms with Crippen LogP contribution in [-0.2, 0) is 4.74 Å². The van der Waals surface area contributed by atoms with Gasteiger partial charge in [-0.3, -0.25) is 4.99 Å². The molecule has 0 aromatic heterocycles. The van der Waals surface area contributed by atoms with Crippen LogP contribution in [0.1, 0.15) is 58.8 Å². The Bertz CT molecular complexity index is 372. The predicted octanol–water partition coefficient (Wildman–Crippen LogP) is 2.87. The number of rotatable bonds is 8. The molecular weight excluding hydrogens is 312 g/mol. The van der Waals surface area contributed by atoms with Gasteiger partial charge in [0, 0.05) is 32.8 Å². The van der Waals surface area contributed by atoms with E-state index in [1.807, 2.05) is 0 Å². The molecule has 2 aliphatic rings. The molecule has 25 heavy (non-hydrogen) atoms. The first kappa shape index (κ1) is 20.5. The number of guanidine groups is 1. The zero-order valence-corrected chi connectivity index (χ0v) is 16.7. The molecule has 1 saturated heterocycles. The lowest BCUT2D eigenvalue weighted by Gasteiger charge is -2.31. The van der Waals surface area contributed by atoms with Gasteiger partial charge in [0.25, 0.3) is 0 Å². The number of ether oxygens (including phenoxy) is 1. The Balaban J connectivity index is 1.72. The van der Waals surface area contributed by atoms with Crippen molar-refractivity contribution in [3.05, 3.63) is 0 Å². The SMILES string of the molecule is CCNC(=NCC1CCN(CCOC)CC1)NC1CCC(CC)CC1. The number of piperidine rings is 1. The van der Waals surface area contributed by atoms with Crippen LogP contribution in [0, 0.1) is 11.8 Å². The van der Waals surface area contributed by atoms with Crippen molar-refractivity contribution < 1.29 is 4.74 Å². The molecule has 0 unspecified atom stereocenters. The summed E-state index contributed by atoms with van der Waals surface area (Å²) in [7, 11) is 1.78. The lowest BCUT2D eigenvalue weighted by molar-refractivity contribution is 0.121. The normalized spacial score (nSPS) is 26.6. The van der Waals surface area contributed by atoms with Gasteiger partial charge in [-0.1, -0.05) is 13.3 Å². The van der Waals surface area contributed by atoms with E-state index in [1.165, 1.54) is 58.0 Å². The fraction of sp³-hybridized carbons (Fsp3) is 0.950. The Labute approximate surface area is 155 Å². The first-order valence-electron chi connectivity index (χ1n) is 10.5. The number of nitrogens with one attached hydrogen (secondary N) is 2. The van der Waals surface area contributed by atoms with E-state index in [-0.39, 0.29) is 0 Å². The molecule has 0 spiro atoms. The number of nitrogens with zero attached hydrogens (tertiary/aromatic N) is 2. The number of methoxy groups -OCH3 is 1. The van der Waals surface area contributed by atoms with Crippen LogP contribution in [0.25, 0.3) is 0 Å². The van der Waals surface area contributed by atoms with E-state index in [2.05, 4.69) is 29.4 Å². The fourth-order valence-electron chi connectivity index (χ4n) is 4.06. The summed E-state index contributed by atoms with van der Waals surface area (Å²) in [5.41, 5.74) is 0. The standard InChI is InChI=1S/C20H40N4O/c1-4-17-6-8-19(9-7-17)23-20(21-5-2)22-16-18-10-12-24(13-11-18)14-15-25-3/h17-19H,4-16H2,1-3H3,(H2,21,22,23). The molecule has 5 heteroatoms. The molecule has 0 aromatic rings. The highest BCUT2D eigenvalue weighted by atomic mass is 16.5. The largest absolute Gasteiger partial charge is 0.383 e. The van der Waals surface area contributed by atoms with Crippen molar-refractivity contribution in [1.82, 2.24) is 15.5 Å². The molecule has 2 fully saturated rings. The molecule has 1 saturated carbocycles. The molecule has 146 valence electrons. The van der Waals surface area contributed by atoms with Crippen molar-refractivity contribution in [2.24, 2.45) is 16.8 Å². The molecular formula is C20H40N4O. The summed E-state index contributed by atoms with van der Waals surface area (Å²) in [5, 5.41) is 7.13. The van der Waals surface area contributed by atoms with Crippen molar-refractivity contribution >= 4 is 5.96 Å². The average molecular weight is 353 g/mol. The Morgan fingerprint density at radius 1 is 1.04 bits per heavy atom. The van der Waals surface area contributed by atoms with Crippen LogP contribution in [0.4, 0.5) is 0 Å². The van der Waals surface area contributed by atoms with E-state index in [1.54, 1.807) is 7.11 Å². The molecule has 1 aliphatic heterocycles. The molecule has 0 bridgehead atoms. The van der Waals surface area contributed by atoms with Gasteiger partial charge in [-0.05, 0) is 70.4 Å². The summed E-state index contributed by atoms with van der Waals surface area (Å²) in [6.45, 7) is 10.7. The molecule has 0 aromatic carbocycles. The summed E-state index contributed by atoms with van der Waals surface area (Å²) in [6, 6.07) is 0.608. The van der Waals surface area contributed by atoms with Gasteiger partial charge in [-0.15, -0.1) is 0 Å². The van der Waals surface area contributed by atoms with Crippen LogP contribution in [0.15, 0.2) is 4.99 Å². The van der Waals surface area contributed by atoms with Gasteiger partial charge in [-0.25, -0.2) is 0 Å². The van der Waals surface area contributed by atoms with Crippen LogP contribution >= 0.6 is 0 Å². The highest BCUT2D eigenvalue weighted by molar-refractivity contribution is 5.80. The minimum Gasteiger partial charge on any atom is -0.383 e. The van der Waals surface area contributed by atoms with Crippen LogP contribution < -0.4 is 10.6 Å². The third-order valence-electron chi connectivity index (χ3n) is 5.94. The summed E-state index contributed by atoms with van der Waals surface area (Å²) in [4.78, 5) is 7.42. The van der Waals surface area contributed by atoms with E-state index >= 15 is 0 Å². The lowest BCUT2D eigenvalue weighted by Crippen LogP contribution is -2.45. The highest BCUT2D eigenvalue weighted by Gasteiger charge is 2.21. The van der Waals surface area contributed by atoms with E-state index in [9.17, 15) is 0 Å². The summed E-state index contributed by atoms with van der Waals surface area (Å²) >= 11 is 0. The van der Waals surface area contributed by atoms with E-state index in [4.69, 9.17) is 9.73 Å². The van der Waals surface area contributed by atoms with Crippen molar-refractivity contribution in [2.75, 3.05) is 46.4 Å². The molecule has 2 N–H and O–H groups in total. The zero-order valence-electron chi connectivity index (χ0n) is 16.7. The van der Waals surface area contributed by atoms with Crippen molar-refractivity contribution in [2.45, 2.75) is 64.8 Å². The van der Waals surface area contributed by atoms with Crippen molar-refractivity contribution in [1.29, 1.82) is 0 Å². The topological polar surface area (TPSA) is 48.9 Å². The fourth-order valence-corrected chi connectivity index (χ4v) is 4.06. The van der Waals surface area contributed by atoms with Gasteiger partial charge >= 0.3 is 0 Å². The van der Waals surface area contributed by atoms with Gasteiger partial charge in [0.2, 0.25) is 0 Å². The number of hydrogen-bond acceptors (Lipinski definition) is 3. The molecule has 0 atom stereocenters. The molecule has 5 nitrogen and oxygen atoms in total. The van der Waals surface area contributed by atoms with Crippen molar-refractivity contribution in [3.8, 4) is 0 Å². The molecule has 1 heterocycles. The lowest BCUT2D eigenvalue weighted by atomic mass is 9.84. The molecule has 0 amide bonds. The van der Waals surface area contributed by atoms with E-state index in [0.717, 1.165) is 44.0 Å². The molecule has 0 radical (unpaired) electrons. The molecule has 2 rings (SSSR count). The van der Waals surface area contributed by atoms with Gasteiger partial charge in [0.05, 0.1) is 6.61 Å². The second-order valence-corrected chi connectivity index (χ2v) is 7.77.